The summed E-state index contributed by atoms with van der Waals surface area (Å²) < 4.78 is 1.92. The maximum Gasteiger partial charge on any atom is 0.255 e. The largest absolute Gasteiger partial charge is 0.334 e. The van der Waals surface area contributed by atoms with Gasteiger partial charge in [-0.2, -0.15) is 0 Å². The zero-order valence-corrected chi connectivity index (χ0v) is 12.5. The van der Waals surface area contributed by atoms with Gasteiger partial charge in [-0.3, -0.25) is 9.78 Å². The van der Waals surface area contributed by atoms with Crippen LogP contribution in [-0.4, -0.2) is 20.4 Å². The van der Waals surface area contributed by atoms with Crippen LogP contribution in [0.2, 0.25) is 0 Å². The van der Waals surface area contributed by atoms with Crippen molar-refractivity contribution in [2.75, 3.05) is 5.32 Å². The highest BCUT2D eigenvalue weighted by molar-refractivity contribution is 6.09. The standard InChI is InChI=1S/C18H14N4O/c1-22-11-20-15-10-13(7-8-16(15)22)18(23)21-14-6-2-4-12-5-3-9-19-17(12)14/h2-11H,1H3,(H,21,23). The molecule has 2 aromatic carbocycles. The van der Waals surface area contributed by atoms with Gasteiger partial charge in [0.1, 0.15) is 0 Å². The molecule has 4 aromatic rings. The topological polar surface area (TPSA) is 59.8 Å². The minimum Gasteiger partial charge on any atom is -0.334 e. The Kier molecular flexibility index (Phi) is 3.05. The fraction of sp³-hybridized carbons (Fsp3) is 0.0556. The first-order valence-electron chi connectivity index (χ1n) is 7.28. The minimum absolute atomic E-state index is 0.171. The first kappa shape index (κ1) is 13.5. The SMILES string of the molecule is Cn1cnc2cc(C(=O)Nc3cccc4cccnc34)ccc21. The molecule has 0 saturated carbocycles. The van der Waals surface area contributed by atoms with Crippen LogP contribution in [-0.2, 0) is 7.05 Å². The number of anilines is 1. The van der Waals surface area contributed by atoms with E-state index in [9.17, 15) is 4.79 Å². The molecule has 0 radical (unpaired) electrons. The van der Waals surface area contributed by atoms with Crippen molar-refractivity contribution in [3.63, 3.8) is 0 Å². The van der Waals surface area contributed by atoms with Crippen LogP contribution in [0.15, 0.2) is 61.1 Å². The first-order valence-corrected chi connectivity index (χ1v) is 7.28. The second-order valence-corrected chi connectivity index (χ2v) is 5.39. The normalized spacial score (nSPS) is 11.0. The van der Waals surface area contributed by atoms with Crippen molar-refractivity contribution in [2.24, 2.45) is 7.05 Å². The number of imidazole rings is 1. The summed E-state index contributed by atoms with van der Waals surface area (Å²) in [5.41, 5.74) is 3.85. The molecule has 5 nitrogen and oxygen atoms in total. The molecular weight excluding hydrogens is 288 g/mol. The molecule has 4 rings (SSSR count). The second-order valence-electron chi connectivity index (χ2n) is 5.39. The van der Waals surface area contributed by atoms with Crippen LogP contribution in [0.1, 0.15) is 10.4 Å². The van der Waals surface area contributed by atoms with Crippen molar-refractivity contribution in [1.29, 1.82) is 0 Å². The molecule has 2 aromatic heterocycles. The lowest BCUT2D eigenvalue weighted by Crippen LogP contribution is -2.12. The number of aryl methyl sites for hydroxylation is 1. The molecule has 0 unspecified atom stereocenters. The maximum atomic E-state index is 12.5. The molecule has 5 heteroatoms. The van der Waals surface area contributed by atoms with Crippen LogP contribution in [0.3, 0.4) is 0 Å². The molecule has 0 saturated heterocycles. The molecule has 0 atom stereocenters. The lowest BCUT2D eigenvalue weighted by atomic mass is 10.1. The van der Waals surface area contributed by atoms with Crippen LogP contribution in [0, 0.1) is 0 Å². The van der Waals surface area contributed by atoms with Gasteiger partial charge in [-0.15, -0.1) is 0 Å². The number of aromatic nitrogens is 3. The third-order valence-corrected chi connectivity index (χ3v) is 3.87. The highest BCUT2D eigenvalue weighted by Gasteiger charge is 2.10. The smallest absolute Gasteiger partial charge is 0.255 e. The summed E-state index contributed by atoms with van der Waals surface area (Å²) in [6.45, 7) is 0. The van der Waals surface area contributed by atoms with E-state index in [1.807, 2.05) is 48.0 Å². The molecule has 1 N–H and O–H groups in total. The van der Waals surface area contributed by atoms with Crippen LogP contribution >= 0.6 is 0 Å². The zero-order chi connectivity index (χ0) is 15.8. The number of nitrogens with one attached hydrogen (secondary N) is 1. The van der Waals surface area contributed by atoms with Gasteiger partial charge in [-0.05, 0) is 30.3 Å². The Labute approximate surface area is 132 Å². The predicted molar refractivity (Wildman–Crippen MR) is 90.4 cm³/mol. The molecule has 112 valence electrons. The van der Waals surface area contributed by atoms with Gasteiger partial charge in [-0.1, -0.05) is 18.2 Å². The third kappa shape index (κ3) is 2.32. The molecular formula is C18H14N4O. The molecule has 0 spiro atoms. The van der Waals surface area contributed by atoms with Gasteiger partial charge in [0.05, 0.1) is 28.6 Å². The van der Waals surface area contributed by atoms with Crippen molar-refractivity contribution in [3.05, 3.63) is 66.6 Å². The van der Waals surface area contributed by atoms with Crippen LogP contribution in [0.25, 0.3) is 21.9 Å². The van der Waals surface area contributed by atoms with Crippen LogP contribution < -0.4 is 5.32 Å². The fourth-order valence-electron chi connectivity index (χ4n) is 2.68. The average Bonchev–Trinajstić information content (AvgIpc) is 2.96. The number of nitrogens with zero attached hydrogens (tertiary/aromatic N) is 3. The van der Waals surface area contributed by atoms with E-state index in [4.69, 9.17) is 0 Å². The third-order valence-electron chi connectivity index (χ3n) is 3.87. The number of hydrogen-bond acceptors (Lipinski definition) is 3. The zero-order valence-electron chi connectivity index (χ0n) is 12.5. The fourth-order valence-corrected chi connectivity index (χ4v) is 2.68. The number of hydrogen-bond donors (Lipinski definition) is 1. The minimum atomic E-state index is -0.171. The van der Waals surface area contributed by atoms with Gasteiger partial charge in [0.25, 0.3) is 5.91 Å². The summed E-state index contributed by atoms with van der Waals surface area (Å²) >= 11 is 0. The molecule has 23 heavy (non-hydrogen) atoms. The predicted octanol–water partition coefficient (Wildman–Crippen LogP) is 3.37. The van der Waals surface area contributed by atoms with E-state index in [1.165, 1.54) is 0 Å². The van der Waals surface area contributed by atoms with E-state index in [1.54, 1.807) is 24.7 Å². The van der Waals surface area contributed by atoms with E-state index < -0.39 is 0 Å². The molecule has 2 heterocycles. The summed E-state index contributed by atoms with van der Waals surface area (Å²) in [7, 11) is 1.93. The van der Waals surface area contributed by atoms with E-state index >= 15 is 0 Å². The van der Waals surface area contributed by atoms with E-state index in [2.05, 4.69) is 15.3 Å². The van der Waals surface area contributed by atoms with Gasteiger partial charge < -0.3 is 9.88 Å². The number of carbonyl (C=O) groups excluding carboxylic acids is 1. The number of pyridine rings is 1. The summed E-state index contributed by atoms with van der Waals surface area (Å²) in [6.07, 6.45) is 3.46. The lowest BCUT2D eigenvalue weighted by molar-refractivity contribution is 0.102. The lowest BCUT2D eigenvalue weighted by Gasteiger charge is -2.08. The Morgan fingerprint density at radius 1 is 1.09 bits per heavy atom. The van der Waals surface area contributed by atoms with Gasteiger partial charge in [0, 0.05) is 24.2 Å². The molecule has 1 amide bonds. The summed E-state index contributed by atoms with van der Waals surface area (Å²) in [6, 6.07) is 15.1. The monoisotopic (exact) mass is 302 g/mol. The molecule has 0 aliphatic carbocycles. The number of benzene rings is 2. The summed E-state index contributed by atoms with van der Waals surface area (Å²) in [5.74, 6) is -0.171. The van der Waals surface area contributed by atoms with Crippen molar-refractivity contribution >= 4 is 33.5 Å². The van der Waals surface area contributed by atoms with Crippen molar-refractivity contribution in [2.45, 2.75) is 0 Å². The first-order chi connectivity index (χ1) is 11.2. The number of fused-ring (bicyclic) bond motifs is 2. The molecule has 0 fully saturated rings. The second kappa shape index (κ2) is 5.21. The van der Waals surface area contributed by atoms with E-state index in [0.717, 1.165) is 21.9 Å². The highest BCUT2D eigenvalue weighted by Crippen LogP contribution is 2.22. The Bertz CT molecular complexity index is 1030. The van der Waals surface area contributed by atoms with Gasteiger partial charge in [0.15, 0.2) is 0 Å². The Hall–Kier alpha value is -3.21. The number of rotatable bonds is 2. The van der Waals surface area contributed by atoms with Gasteiger partial charge in [0.2, 0.25) is 0 Å². The molecule has 0 aliphatic heterocycles. The number of amides is 1. The summed E-state index contributed by atoms with van der Waals surface area (Å²) in [4.78, 5) is 21.2. The van der Waals surface area contributed by atoms with E-state index in [-0.39, 0.29) is 5.91 Å². The van der Waals surface area contributed by atoms with Crippen LogP contribution in [0.5, 0.6) is 0 Å². The summed E-state index contributed by atoms with van der Waals surface area (Å²) in [5, 5.41) is 3.93. The van der Waals surface area contributed by atoms with E-state index in [0.29, 0.717) is 11.3 Å². The van der Waals surface area contributed by atoms with Gasteiger partial charge in [-0.25, -0.2) is 4.98 Å². The van der Waals surface area contributed by atoms with Crippen LogP contribution in [0.4, 0.5) is 5.69 Å². The Morgan fingerprint density at radius 3 is 2.87 bits per heavy atom. The molecule has 0 aliphatic rings. The van der Waals surface area contributed by atoms with Gasteiger partial charge >= 0.3 is 0 Å². The average molecular weight is 302 g/mol. The number of carbonyl (C=O) groups is 1. The van der Waals surface area contributed by atoms with Crippen molar-refractivity contribution in [1.82, 2.24) is 14.5 Å². The highest BCUT2D eigenvalue weighted by atomic mass is 16.1. The van der Waals surface area contributed by atoms with Crippen molar-refractivity contribution < 1.29 is 4.79 Å². The maximum absolute atomic E-state index is 12.5. The van der Waals surface area contributed by atoms with Crippen molar-refractivity contribution in [3.8, 4) is 0 Å². The quantitative estimate of drug-likeness (QED) is 0.617. The Morgan fingerprint density at radius 2 is 1.96 bits per heavy atom. The number of para-hydroxylation sites is 1. The molecule has 0 bridgehead atoms. The Balaban J connectivity index is 1.70.